The second kappa shape index (κ2) is 13.9. The normalized spacial score (nSPS) is 18.3. The zero-order valence-electron chi connectivity index (χ0n) is 27.7. The minimum Gasteiger partial charge on any atom is -0.410 e. The van der Waals surface area contributed by atoms with Crippen molar-refractivity contribution < 1.29 is 42.2 Å². The summed E-state index contributed by atoms with van der Waals surface area (Å²) in [6, 6.07) is 18.6. The number of likely N-dealkylation sites (tertiary alicyclic amines) is 1. The molecular formula is C37H33F2N5O7S. The summed E-state index contributed by atoms with van der Waals surface area (Å²) in [5.41, 5.74) is 0.779. The van der Waals surface area contributed by atoms with Gasteiger partial charge in [-0.3, -0.25) is 25.1 Å². The fourth-order valence-electron chi connectivity index (χ4n) is 6.61. The van der Waals surface area contributed by atoms with Crippen LogP contribution in [0.1, 0.15) is 51.3 Å². The van der Waals surface area contributed by atoms with Crippen molar-refractivity contribution in [3.63, 3.8) is 0 Å². The van der Waals surface area contributed by atoms with E-state index in [0.29, 0.717) is 35.0 Å². The van der Waals surface area contributed by atoms with Gasteiger partial charge in [-0.05, 0) is 48.4 Å². The van der Waals surface area contributed by atoms with Crippen LogP contribution in [0, 0.1) is 5.41 Å². The SMILES string of the molecule is C[C@@H](NC(=O)[C@@H]1CC2(CN1C(=O)CNC(=O)c1ccc3c(c1)-c1ccccc1C3(F)F)OCCO2)c1cc(C(=N)NC(=O)Oc2ccccc2)cs1. The number of hydrogen-bond acceptors (Lipinski definition) is 9. The zero-order chi connectivity index (χ0) is 36.6. The molecule has 15 heteroatoms. The monoisotopic (exact) mass is 729 g/mol. The minimum absolute atomic E-state index is 0.0378. The molecule has 0 saturated carbocycles. The van der Waals surface area contributed by atoms with Gasteiger partial charge in [0, 0.05) is 38.9 Å². The van der Waals surface area contributed by atoms with Crippen LogP contribution in [0.2, 0.25) is 0 Å². The number of fused-ring (bicyclic) bond motifs is 3. The number of carbonyl (C=O) groups excluding carboxylic acids is 4. The number of alkyl halides is 2. The van der Waals surface area contributed by atoms with Crippen LogP contribution in [0.3, 0.4) is 0 Å². The van der Waals surface area contributed by atoms with Crippen LogP contribution in [0.5, 0.6) is 5.75 Å². The van der Waals surface area contributed by atoms with Crippen molar-refractivity contribution in [3.05, 3.63) is 111 Å². The predicted molar refractivity (Wildman–Crippen MR) is 185 cm³/mol. The molecule has 7 rings (SSSR count). The van der Waals surface area contributed by atoms with E-state index in [4.69, 9.17) is 19.6 Å². The van der Waals surface area contributed by atoms with E-state index < -0.39 is 54.2 Å². The van der Waals surface area contributed by atoms with E-state index in [1.165, 1.54) is 46.6 Å². The summed E-state index contributed by atoms with van der Waals surface area (Å²) < 4.78 is 46.8. The smallest absolute Gasteiger partial charge is 0.410 e. The molecule has 3 heterocycles. The van der Waals surface area contributed by atoms with Gasteiger partial charge in [-0.15, -0.1) is 11.3 Å². The number of para-hydroxylation sites is 1. The highest BCUT2D eigenvalue weighted by Crippen LogP contribution is 2.51. The molecule has 1 aromatic heterocycles. The number of nitrogens with zero attached hydrogens (tertiary/aromatic N) is 1. The molecule has 2 fully saturated rings. The van der Waals surface area contributed by atoms with E-state index in [1.807, 2.05) is 0 Å². The third-order valence-electron chi connectivity index (χ3n) is 9.18. The average Bonchev–Trinajstić information content (AvgIpc) is 3.94. The van der Waals surface area contributed by atoms with E-state index in [1.54, 1.807) is 60.8 Å². The Labute approximate surface area is 300 Å². The Morgan fingerprint density at radius 2 is 1.67 bits per heavy atom. The quantitative estimate of drug-likeness (QED) is 0.148. The standard InChI is InChI=1S/C37H33F2N5O7S/c1-21(30-16-23(19-52-30)32(40)43-35(48)51-24-7-3-2-4-8-24)42-34(47)29-17-36(49-13-14-50-36)20-44(29)31(45)18-41-33(46)22-11-12-28-26(15-22)25-9-5-6-10-27(25)37(28,38)39/h2-12,15-16,19,21,29H,13-14,17-18,20H2,1H3,(H,41,46)(H,42,47)(H2,40,43,48)/t21-,29+/m1/s1. The number of amidine groups is 1. The average molecular weight is 730 g/mol. The van der Waals surface area contributed by atoms with E-state index in [2.05, 4.69) is 16.0 Å². The summed E-state index contributed by atoms with van der Waals surface area (Å²) in [4.78, 5) is 54.7. The molecule has 52 heavy (non-hydrogen) atoms. The number of rotatable bonds is 8. The molecule has 268 valence electrons. The molecule has 3 aliphatic rings. The first kappa shape index (κ1) is 34.9. The van der Waals surface area contributed by atoms with Crippen LogP contribution in [0.25, 0.3) is 11.1 Å². The first-order valence-electron chi connectivity index (χ1n) is 16.4. The van der Waals surface area contributed by atoms with E-state index in [9.17, 15) is 28.0 Å². The summed E-state index contributed by atoms with van der Waals surface area (Å²) >= 11 is 1.27. The van der Waals surface area contributed by atoms with Gasteiger partial charge in [0.05, 0.1) is 32.3 Å². The lowest BCUT2D eigenvalue weighted by molar-refractivity contribution is -0.152. The number of hydrogen-bond donors (Lipinski definition) is 4. The second-order valence-electron chi connectivity index (χ2n) is 12.6. The third kappa shape index (κ3) is 6.77. The maximum atomic E-state index is 15.0. The Hall–Kier alpha value is -5.51. The molecule has 0 bridgehead atoms. The van der Waals surface area contributed by atoms with Crippen LogP contribution in [0.15, 0.2) is 84.2 Å². The maximum Gasteiger partial charge on any atom is 0.418 e. The summed E-state index contributed by atoms with van der Waals surface area (Å²) in [5, 5.41) is 17.8. The van der Waals surface area contributed by atoms with Crippen molar-refractivity contribution in [1.82, 2.24) is 20.9 Å². The largest absolute Gasteiger partial charge is 0.418 e. The third-order valence-corrected chi connectivity index (χ3v) is 10.3. The van der Waals surface area contributed by atoms with Crippen LogP contribution in [-0.2, 0) is 25.0 Å². The number of halogens is 2. The number of nitrogens with one attached hydrogen (secondary N) is 4. The lowest BCUT2D eigenvalue weighted by Gasteiger charge is -2.25. The lowest BCUT2D eigenvalue weighted by Crippen LogP contribution is -2.49. The molecule has 1 spiro atoms. The van der Waals surface area contributed by atoms with Crippen molar-refractivity contribution in [1.29, 1.82) is 5.41 Å². The molecule has 1 aliphatic carbocycles. The number of ether oxygens (including phenoxy) is 3. The van der Waals surface area contributed by atoms with Gasteiger partial charge >= 0.3 is 6.09 Å². The minimum atomic E-state index is -3.19. The second-order valence-corrected chi connectivity index (χ2v) is 13.5. The van der Waals surface area contributed by atoms with Gasteiger partial charge in [0.25, 0.3) is 11.8 Å². The summed E-state index contributed by atoms with van der Waals surface area (Å²) in [7, 11) is 0. The molecule has 3 aromatic carbocycles. The molecule has 2 saturated heterocycles. The van der Waals surface area contributed by atoms with Gasteiger partial charge in [-0.25, -0.2) is 4.79 Å². The number of amides is 4. The molecule has 12 nitrogen and oxygen atoms in total. The highest BCUT2D eigenvalue weighted by molar-refractivity contribution is 7.10. The van der Waals surface area contributed by atoms with E-state index >= 15 is 0 Å². The van der Waals surface area contributed by atoms with Gasteiger partial charge in [0.2, 0.25) is 11.8 Å². The van der Waals surface area contributed by atoms with Crippen LogP contribution in [0.4, 0.5) is 13.6 Å². The van der Waals surface area contributed by atoms with Gasteiger partial charge < -0.3 is 29.7 Å². The van der Waals surface area contributed by atoms with E-state index in [0.717, 1.165) is 0 Å². The Kier molecular flexibility index (Phi) is 9.33. The summed E-state index contributed by atoms with van der Waals surface area (Å²) in [6.45, 7) is 1.83. The Morgan fingerprint density at radius 3 is 2.44 bits per heavy atom. The highest BCUT2D eigenvalue weighted by atomic mass is 32.1. The highest BCUT2D eigenvalue weighted by Gasteiger charge is 2.52. The van der Waals surface area contributed by atoms with Crippen LogP contribution in [-0.4, -0.2) is 72.7 Å². The number of thiophene rings is 1. The Bertz CT molecular complexity index is 2070. The predicted octanol–water partition coefficient (Wildman–Crippen LogP) is 4.93. The van der Waals surface area contributed by atoms with Gasteiger partial charge in [-0.1, -0.05) is 48.5 Å². The Balaban J connectivity index is 0.984. The molecule has 2 aliphatic heterocycles. The van der Waals surface area contributed by atoms with Crippen molar-refractivity contribution in [2.75, 3.05) is 26.3 Å². The van der Waals surface area contributed by atoms with Crippen molar-refractivity contribution in [2.24, 2.45) is 0 Å². The molecular weight excluding hydrogens is 696 g/mol. The van der Waals surface area contributed by atoms with Crippen molar-refractivity contribution in [2.45, 2.75) is 37.1 Å². The van der Waals surface area contributed by atoms with Crippen LogP contribution < -0.4 is 20.7 Å². The number of benzene rings is 3. The van der Waals surface area contributed by atoms with E-state index in [-0.39, 0.29) is 41.1 Å². The topological polar surface area (TPSA) is 159 Å². The first-order chi connectivity index (χ1) is 24.9. The maximum absolute atomic E-state index is 15.0. The molecule has 0 radical (unpaired) electrons. The molecule has 0 unspecified atom stereocenters. The lowest BCUT2D eigenvalue weighted by atomic mass is 10.0. The zero-order valence-corrected chi connectivity index (χ0v) is 28.6. The first-order valence-corrected chi connectivity index (χ1v) is 17.3. The Morgan fingerprint density at radius 1 is 0.962 bits per heavy atom. The fraction of sp³-hybridized carbons (Fsp3) is 0.270. The molecule has 2 atom stereocenters. The number of carbonyl (C=O) groups is 4. The van der Waals surface area contributed by atoms with Crippen LogP contribution >= 0.6 is 11.3 Å². The van der Waals surface area contributed by atoms with Gasteiger partial charge in [-0.2, -0.15) is 8.78 Å². The molecule has 4 amide bonds. The van der Waals surface area contributed by atoms with Gasteiger partial charge in [0.1, 0.15) is 17.6 Å². The van der Waals surface area contributed by atoms with Crippen molar-refractivity contribution >= 4 is 41.0 Å². The molecule has 4 aromatic rings. The van der Waals surface area contributed by atoms with Crippen molar-refractivity contribution in [3.8, 4) is 16.9 Å². The summed E-state index contributed by atoms with van der Waals surface area (Å²) in [5.74, 6) is -5.89. The molecule has 4 N–H and O–H groups in total. The summed E-state index contributed by atoms with van der Waals surface area (Å²) in [6.07, 6.45) is -0.752. The fourth-order valence-corrected chi connectivity index (χ4v) is 7.51. The van der Waals surface area contributed by atoms with Gasteiger partial charge in [0.15, 0.2) is 5.79 Å².